The van der Waals surface area contributed by atoms with E-state index in [0.29, 0.717) is 5.69 Å². The molecule has 0 bridgehead atoms. The lowest BCUT2D eigenvalue weighted by molar-refractivity contribution is -0.975. The maximum absolute atomic E-state index is 13.2. The van der Waals surface area contributed by atoms with E-state index in [0.717, 1.165) is 32.8 Å². The quantitative estimate of drug-likeness (QED) is 0.668. The molecule has 7 heteroatoms. The van der Waals surface area contributed by atoms with Gasteiger partial charge in [0.1, 0.15) is 31.0 Å². The second kappa shape index (κ2) is 9.32. The number of nitrogens with one attached hydrogen (secondary N) is 2. The lowest BCUT2D eigenvalue weighted by Crippen LogP contribution is -3.25. The first-order chi connectivity index (χ1) is 13.0. The zero-order chi connectivity index (χ0) is 19.3. The zero-order valence-corrected chi connectivity index (χ0v) is 16.8. The summed E-state index contributed by atoms with van der Waals surface area (Å²) < 4.78 is 18.7. The summed E-state index contributed by atoms with van der Waals surface area (Å²) >= 11 is 6.02. The van der Waals surface area contributed by atoms with Crippen LogP contribution in [0.25, 0.3) is 0 Å². The summed E-state index contributed by atoms with van der Waals surface area (Å²) in [5.74, 6) is -0.517. The van der Waals surface area contributed by atoms with E-state index in [1.807, 2.05) is 6.92 Å². The van der Waals surface area contributed by atoms with Crippen molar-refractivity contribution < 1.29 is 24.1 Å². The Morgan fingerprint density at radius 2 is 2.04 bits per heavy atom. The summed E-state index contributed by atoms with van der Waals surface area (Å²) in [6, 6.07) is 3.78. The smallest absolute Gasteiger partial charge is 0.282 e. The van der Waals surface area contributed by atoms with Crippen LogP contribution in [0.5, 0.6) is 0 Å². The normalized spacial score (nSPS) is 21.6. The van der Waals surface area contributed by atoms with E-state index in [9.17, 15) is 9.18 Å². The molecule has 1 atom stereocenters. The van der Waals surface area contributed by atoms with E-state index in [4.69, 9.17) is 16.3 Å². The van der Waals surface area contributed by atoms with Gasteiger partial charge in [-0.2, -0.15) is 0 Å². The molecule has 27 heavy (non-hydrogen) atoms. The van der Waals surface area contributed by atoms with E-state index in [2.05, 4.69) is 10.6 Å². The highest BCUT2D eigenvalue weighted by molar-refractivity contribution is 6.33. The summed E-state index contributed by atoms with van der Waals surface area (Å²) in [7, 11) is 0. The second-order valence-electron chi connectivity index (χ2n) is 7.90. The van der Waals surface area contributed by atoms with Crippen LogP contribution in [0.4, 0.5) is 10.1 Å². The molecule has 1 aliphatic carbocycles. The molecule has 0 radical (unpaired) electrons. The highest BCUT2D eigenvalue weighted by atomic mass is 35.5. The Morgan fingerprint density at radius 1 is 1.33 bits per heavy atom. The molecule has 5 nitrogen and oxygen atoms in total. The fourth-order valence-electron chi connectivity index (χ4n) is 4.43. The summed E-state index contributed by atoms with van der Waals surface area (Å²) in [6.45, 7) is 6.62. The van der Waals surface area contributed by atoms with Crippen LogP contribution >= 0.6 is 11.6 Å². The largest absolute Gasteiger partial charge is 0.370 e. The first-order valence-electron chi connectivity index (χ1n) is 10.0. The highest BCUT2D eigenvalue weighted by Crippen LogP contribution is 2.25. The molecule has 1 heterocycles. The number of benzene rings is 1. The lowest BCUT2D eigenvalue weighted by atomic mass is 9.79. The van der Waals surface area contributed by atoms with Gasteiger partial charge in [-0.1, -0.05) is 18.0 Å². The van der Waals surface area contributed by atoms with E-state index in [1.54, 1.807) is 4.90 Å². The van der Waals surface area contributed by atoms with E-state index in [-0.39, 0.29) is 22.5 Å². The van der Waals surface area contributed by atoms with Gasteiger partial charge in [0.2, 0.25) is 0 Å². The SMILES string of the molecule is C[C@@H]([NH2+]CC1([NH+]2CCOCC2)CCCCC1)C(=O)Nc1ccc(F)cc1Cl. The van der Waals surface area contributed by atoms with Gasteiger partial charge in [-0.15, -0.1) is 0 Å². The van der Waals surface area contributed by atoms with Crippen LogP contribution in [0.15, 0.2) is 18.2 Å². The van der Waals surface area contributed by atoms with Crippen LogP contribution in [0, 0.1) is 5.82 Å². The lowest BCUT2D eigenvalue weighted by Gasteiger charge is -2.43. The van der Waals surface area contributed by atoms with Gasteiger partial charge in [-0.05, 0) is 38.0 Å². The predicted octanol–water partition coefficient (Wildman–Crippen LogP) is 0.988. The molecule has 1 saturated carbocycles. The number of carbonyl (C=O) groups is 1. The molecule has 1 aromatic carbocycles. The number of nitrogens with two attached hydrogens (primary N) is 1. The first kappa shape index (κ1) is 20.5. The van der Waals surface area contributed by atoms with Crippen molar-refractivity contribution in [1.82, 2.24) is 0 Å². The number of hydrogen-bond donors (Lipinski definition) is 3. The molecule has 150 valence electrons. The number of ether oxygens (including phenoxy) is 1. The standard InChI is InChI=1S/C20H29ClFN3O2/c1-15(19(26)24-18-6-5-16(22)13-17(18)21)23-14-20(7-3-2-4-8-20)25-9-11-27-12-10-25/h5-6,13,15,23H,2-4,7-12,14H2,1H3,(H,24,26)/p+2/t15-/m1/s1. The second-order valence-corrected chi connectivity index (χ2v) is 8.31. The van der Waals surface area contributed by atoms with Crippen molar-refractivity contribution in [2.45, 2.75) is 50.6 Å². The topological polar surface area (TPSA) is 59.4 Å². The van der Waals surface area contributed by atoms with Crippen molar-refractivity contribution in [2.24, 2.45) is 0 Å². The minimum Gasteiger partial charge on any atom is -0.370 e. The van der Waals surface area contributed by atoms with Crippen LogP contribution in [-0.4, -0.2) is 50.3 Å². The minimum absolute atomic E-state index is 0.105. The molecular weight excluding hydrogens is 369 g/mol. The van der Waals surface area contributed by atoms with Gasteiger partial charge in [0.15, 0.2) is 6.04 Å². The molecule has 1 amide bonds. The molecule has 0 spiro atoms. The van der Waals surface area contributed by atoms with Gasteiger partial charge in [-0.25, -0.2) is 4.39 Å². The van der Waals surface area contributed by atoms with Crippen molar-refractivity contribution >= 4 is 23.2 Å². The number of quaternary nitrogens is 2. The number of rotatable bonds is 6. The fraction of sp³-hybridized carbons (Fsp3) is 0.650. The Balaban J connectivity index is 1.59. The van der Waals surface area contributed by atoms with Crippen LogP contribution < -0.4 is 15.5 Å². The van der Waals surface area contributed by atoms with E-state index >= 15 is 0 Å². The summed E-state index contributed by atoms with van der Waals surface area (Å²) in [6.07, 6.45) is 6.28. The van der Waals surface area contributed by atoms with Crippen molar-refractivity contribution in [3.8, 4) is 0 Å². The first-order valence-corrected chi connectivity index (χ1v) is 10.4. The third kappa shape index (κ3) is 5.19. The van der Waals surface area contributed by atoms with Gasteiger partial charge >= 0.3 is 0 Å². The van der Waals surface area contributed by atoms with Crippen molar-refractivity contribution in [2.75, 3.05) is 38.2 Å². The Hall–Kier alpha value is -1.21. The van der Waals surface area contributed by atoms with Gasteiger partial charge in [0, 0.05) is 12.8 Å². The van der Waals surface area contributed by atoms with Crippen LogP contribution in [0.2, 0.25) is 5.02 Å². The van der Waals surface area contributed by atoms with Gasteiger partial charge in [-0.3, -0.25) is 4.79 Å². The average molecular weight is 400 g/mol. The molecule has 2 fully saturated rings. The monoisotopic (exact) mass is 399 g/mol. The Bertz CT molecular complexity index is 646. The summed E-state index contributed by atoms with van der Waals surface area (Å²) in [5.41, 5.74) is 0.693. The summed E-state index contributed by atoms with van der Waals surface area (Å²) in [5, 5.41) is 5.19. The third-order valence-electron chi connectivity index (χ3n) is 6.12. The van der Waals surface area contributed by atoms with Gasteiger partial charge in [0.05, 0.1) is 23.9 Å². The average Bonchev–Trinajstić information content (AvgIpc) is 2.69. The van der Waals surface area contributed by atoms with Crippen LogP contribution in [0.3, 0.4) is 0 Å². The van der Waals surface area contributed by atoms with Crippen molar-refractivity contribution in [3.05, 3.63) is 29.0 Å². The maximum Gasteiger partial charge on any atom is 0.282 e. The number of halogens is 2. The number of carbonyl (C=O) groups excluding carboxylic acids is 1. The molecule has 2 aliphatic rings. The number of anilines is 1. The fourth-order valence-corrected chi connectivity index (χ4v) is 4.64. The molecule has 3 rings (SSSR count). The minimum atomic E-state index is -0.412. The van der Waals surface area contributed by atoms with Gasteiger partial charge < -0.3 is 20.3 Å². The molecule has 1 aromatic rings. The van der Waals surface area contributed by atoms with Crippen LogP contribution in [0.1, 0.15) is 39.0 Å². The van der Waals surface area contributed by atoms with Crippen LogP contribution in [-0.2, 0) is 9.53 Å². The third-order valence-corrected chi connectivity index (χ3v) is 6.43. The zero-order valence-electron chi connectivity index (χ0n) is 16.0. The number of amides is 1. The van der Waals surface area contributed by atoms with Crippen molar-refractivity contribution in [1.29, 1.82) is 0 Å². The molecule has 0 aromatic heterocycles. The molecule has 1 aliphatic heterocycles. The number of hydrogen-bond acceptors (Lipinski definition) is 2. The van der Waals surface area contributed by atoms with Crippen molar-refractivity contribution in [3.63, 3.8) is 0 Å². The predicted molar refractivity (Wildman–Crippen MR) is 104 cm³/mol. The highest BCUT2D eigenvalue weighted by Gasteiger charge is 2.44. The molecule has 4 N–H and O–H groups in total. The molecular formula is C20H31ClFN3O2+2. The number of morpholine rings is 1. The molecule has 0 unspecified atom stereocenters. The summed E-state index contributed by atoms with van der Waals surface area (Å²) in [4.78, 5) is 14.2. The maximum atomic E-state index is 13.2. The molecule has 1 saturated heterocycles. The van der Waals surface area contributed by atoms with Gasteiger partial charge in [0.25, 0.3) is 5.91 Å². The van der Waals surface area contributed by atoms with E-state index in [1.165, 1.54) is 50.3 Å². The Morgan fingerprint density at radius 3 is 2.70 bits per heavy atom. The Kier molecular flexibility index (Phi) is 7.09. The Labute approximate surface area is 165 Å². The van der Waals surface area contributed by atoms with E-state index < -0.39 is 5.82 Å².